The Labute approximate surface area is 129 Å². The van der Waals surface area contributed by atoms with Gasteiger partial charge in [0.2, 0.25) is 0 Å². The number of carboxylic acid groups (broad SMARTS) is 1. The number of ether oxygens (including phenoxy) is 1. The maximum Gasteiger partial charge on any atom is 0.335 e. The molecule has 0 aliphatic heterocycles. The lowest BCUT2D eigenvalue weighted by Crippen LogP contribution is -2.08. The van der Waals surface area contributed by atoms with Gasteiger partial charge in [-0.2, -0.15) is 0 Å². The molecule has 0 spiro atoms. The molecule has 3 rings (SSSR count). The summed E-state index contributed by atoms with van der Waals surface area (Å²) in [5.74, 6) is -0.0872. The Bertz CT molecular complexity index is 772. The van der Waals surface area contributed by atoms with Crippen LogP contribution < -0.4 is 4.74 Å². The van der Waals surface area contributed by atoms with Crippen molar-refractivity contribution in [2.24, 2.45) is 0 Å². The van der Waals surface area contributed by atoms with Crippen LogP contribution in [0.25, 0.3) is 5.57 Å². The van der Waals surface area contributed by atoms with Gasteiger partial charge < -0.3 is 9.84 Å². The minimum Gasteiger partial charge on any atom is -0.496 e. The summed E-state index contributed by atoms with van der Waals surface area (Å²) in [6.45, 7) is 2.11. The molecule has 0 fully saturated rings. The third-order valence-corrected chi connectivity index (χ3v) is 4.20. The molecule has 0 saturated carbocycles. The van der Waals surface area contributed by atoms with Crippen LogP contribution in [0.2, 0.25) is 0 Å². The molecule has 0 atom stereocenters. The molecule has 0 saturated heterocycles. The minimum absolute atomic E-state index is 0.320. The minimum atomic E-state index is -0.898. The second kappa shape index (κ2) is 5.68. The number of rotatable bonds is 3. The van der Waals surface area contributed by atoms with E-state index in [4.69, 9.17) is 4.74 Å². The molecular weight excluding hydrogens is 276 g/mol. The molecule has 0 aromatic heterocycles. The van der Waals surface area contributed by atoms with E-state index in [0.717, 1.165) is 35.3 Å². The lowest BCUT2D eigenvalue weighted by atomic mass is 9.82. The summed E-state index contributed by atoms with van der Waals surface area (Å²) < 4.78 is 5.49. The molecule has 1 aliphatic rings. The van der Waals surface area contributed by atoms with Crippen LogP contribution in [-0.4, -0.2) is 18.2 Å². The lowest BCUT2D eigenvalue weighted by molar-refractivity contribution is 0.0697. The van der Waals surface area contributed by atoms with Crippen molar-refractivity contribution in [3.05, 3.63) is 70.3 Å². The van der Waals surface area contributed by atoms with Gasteiger partial charge in [0.05, 0.1) is 12.7 Å². The molecule has 22 heavy (non-hydrogen) atoms. The average Bonchev–Trinajstić information content (AvgIpc) is 2.54. The molecular formula is C19H18O3. The number of allylic oxidation sites excluding steroid dienone is 1. The number of para-hydroxylation sites is 1. The van der Waals surface area contributed by atoms with E-state index in [1.54, 1.807) is 19.2 Å². The van der Waals surface area contributed by atoms with Gasteiger partial charge in [0.25, 0.3) is 0 Å². The van der Waals surface area contributed by atoms with E-state index in [0.29, 0.717) is 5.56 Å². The number of benzene rings is 2. The maximum atomic E-state index is 11.3. The Morgan fingerprint density at radius 3 is 2.59 bits per heavy atom. The summed E-state index contributed by atoms with van der Waals surface area (Å²) in [5.41, 5.74) is 5.90. The topological polar surface area (TPSA) is 46.5 Å². The highest BCUT2D eigenvalue weighted by atomic mass is 16.5. The normalized spacial score (nSPS) is 13.7. The van der Waals surface area contributed by atoms with Crippen LogP contribution in [0.1, 0.15) is 40.4 Å². The molecule has 2 aromatic carbocycles. The molecule has 0 radical (unpaired) electrons. The summed E-state index contributed by atoms with van der Waals surface area (Å²) in [5, 5.41) is 9.27. The molecule has 3 heteroatoms. The van der Waals surface area contributed by atoms with Crippen LogP contribution >= 0.6 is 0 Å². The first-order valence-electron chi connectivity index (χ1n) is 7.31. The van der Waals surface area contributed by atoms with Gasteiger partial charge in [0, 0.05) is 5.56 Å². The van der Waals surface area contributed by atoms with Crippen molar-refractivity contribution in [1.29, 1.82) is 0 Å². The van der Waals surface area contributed by atoms with Crippen molar-refractivity contribution in [1.82, 2.24) is 0 Å². The number of carboxylic acids is 1. The zero-order valence-electron chi connectivity index (χ0n) is 12.7. The molecule has 2 aromatic rings. The number of carbonyl (C=O) groups is 1. The predicted octanol–water partition coefficient (Wildman–Crippen LogP) is 4.16. The summed E-state index contributed by atoms with van der Waals surface area (Å²) in [6.07, 6.45) is 1.92. The van der Waals surface area contributed by atoms with E-state index < -0.39 is 5.97 Å². The van der Waals surface area contributed by atoms with E-state index >= 15 is 0 Å². The van der Waals surface area contributed by atoms with Crippen molar-refractivity contribution in [2.45, 2.75) is 19.8 Å². The van der Waals surface area contributed by atoms with Crippen LogP contribution in [0.3, 0.4) is 0 Å². The number of methoxy groups -OCH3 is 1. The number of hydrogen-bond donors (Lipinski definition) is 1. The van der Waals surface area contributed by atoms with Crippen molar-refractivity contribution >= 4 is 11.5 Å². The van der Waals surface area contributed by atoms with Crippen molar-refractivity contribution in [2.75, 3.05) is 7.11 Å². The Morgan fingerprint density at radius 1 is 1.09 bits per heavy atom. The number of hydrogen-bond acceptors (Lipinski definition) is 2. The average molecular weight is 294 g/mol. The van der Waals surface area contributed by atoms with E-state index in [1.807, 2.05) is 30.3 Å². The zero-order chi connectivity index (χ0) is 15.7. The fraction of sp³-hybridized carbons (Fsp3) is 0.211. The molecule has 0 bridgehead atoms. The Morgan fingerprint density at radius 2 is 1.86 bits per heavy atom. The maximum absolute atomic E-state index is 11.3. The monoisotopic (exact) mass is 294 g/mol. The van der Waals surface area contributed by atoms with E-state index in [9.17, 15) is 9.90 Å². The fourth-order valence-electron chi connectivity index (χ4n) is 3.06. The van der Waals surface area contributed by atoms with Gasteiger partial charge in [-0.05, 0) is 54.7 Å². The Balaban J connectivity index is 2.24. The quantitative estimate of drug-likeness (QED) is 0.924. The molecule has 1 N–H and O–H groups in total. The predicted molar refractivity (Wildman–Crippen MR) is 86.4 cm³/mol. The molecule has 0 heterocycles. The van der Waals surface area contributed by atoms with E-state index in [1.165, 1.54) is 11.1 Å². The van der Waals surface area contributed by atoms with Crippen LogP contribution in [0.4, 0.5) is 0 Å². The number of aryl methyl sites for hydroxylation is 1. The summed E-state index contributed by atoms with van der Waals surface area (Å²) in [6, 6.07) is 13.3. The van der Waals surface area contributed by atoms with E-state index in [2.05, 4.69) is 6.92 Å². The summed E-state index contributed by atoms with van der Waals surface area (Å²) in [4.78, 5) is 11.3. The molecule has 0 unspecified atom stereocenters. The standard InChI is InChI=1S/C19H18O3/c1-12-7-8-13-9-10-14(19(20)21)11-16(13)18(12)15-5-3-4-6-17(15)22-2/h3-6,9-11H,7-8H2,1-2H3,(H,20,21). The van der Waals surface area contributed by atoms with Gasteiger partial charge in [-0.25, -0.2) is 4.79 Å². The van der Waals surface area contributed by atoms with Crippen LogP contribution in [0.5, 0.6) is 5.75 Å². The van der Waals surface area contributed by atoms with Crippen LogP contribution in [0, 0.1) is 0 Å². The second-order valence-corrected chi connectivity index (χ2v) is 5.53. The molecule has 1 aliphatic carbocycles. The van der Waals surface area contributed by atoms with Crippen LogP contribution in [-0.2, 0) is 6.42 Å². The number of fused-ring (bicyclic) bond motifs is 1. The van der Waals surface area contributed by atoms with E-state index in [-0.39, 0.29) is 0 Å². The Kier molecular flexibility index (Phi) is 3.72. The van der Waals surface area contributed by atoms with Crippen LogP contribution in [0.15, 0.2) is 48.0 Å². The third-order valence-electron chi connectivity index (χ3n) is 4.20. The molecule has 112 valence electrons. The van der Waals surface area contributed by atoms with Gasteiger partial charge in [0.1, 0.15) is 5.75 Å². The highest BCUT2D eigenvalue weighted by Crippen LogP contribution is 2.39. The Hall–Kier alpha value is -2.55. The molecule has 3 nitrogen and oxygen atoms in total. The first-order chi connectivity index (χ1) is 10.6. The second-order valence-electron chi connectivity index (χ2n) is 5.53. The first kappa shape index (κ1) is 14.4. The lowest BCUT2D eigenvalue weighted by Gasteiger charge is -2.23. The third kappa shape index (κ3) is 2.39. The van der Waals surface area contributed by atoms with Gasteiger partial charge in [-0.15, -0.1) is 0 Å². The fourth-order valence-corrected chi connectivity index (χ4v) is 3.06. The van der Waals surface area contributed by atoms with Gasteiger partial charge in [-0.3, -0.25) is 0 Å². The smallest absolute Gasteiger partial charge is 0.335 e. The zero-order valence-corrected chi connectivity index (χ0v) is 12.7. The van der Waals surface area contributed by atoms with Gasteiger partial charge in [-0.1, -0.05) is 29.8 Å². The first-order valence-corrected chi connectivity index (χ1v) is 7.31. The molecule has 0 amide bonds. The van der Waals surface area contributed by atoms with Gasteiger partial charge >= 0.3 is 5.97 Å². The number of aromatic carboxylic acids is 1. The highest BCUT2D eigenvalue weighted by molar-refractivity contribution is 5.93. The largest absolute Gasteiger partial charge is 0.496 e. The van der Waals surface area contributed by atoms with Crippen molar-refractivity contribution in [3.8, 4) is 5.75 Å². The summed E-state index contributed by atoms with van der Waals surface area (Å²) >= 11 is 0. The highest BCUT2D eigenvalue weighted by Gasteiger charge is 2.21. The van der Waals surface area contributed by atoms with Crippen molar-refractivity contribution < 1.29 is 14.6 Å². The SMILES string of the molecule is COc1ccccc1C1=C(C)CCc2ccc(C(=O)O)cc21. The summed E-state index contributed by atoms with van der Waals surface area (Å²) in [7, 11) is 1.66. The van der Waals surface area contributed by atoms with Gasteiger partial charge in [0.15, 0.2) is 0 Å². The van der Waals surface area contributed by atoms with Crippen molar-refractivity contribution in [3.63, 3.8) is 0 Å².